The van der Waals surface area contributed by atoms with Gasteiger partial charge in [-0.2, -0.15) is 0 Å². The Balaban J connectivity index is 1.53. The molecule has 0 aliphatic carbocycles. The van der Waals surface area contributed by atoms with Crippen LogP contribution in [0.15, 0.2) is 66.2 Å². The van der Waals surface area contributed by atoms with E-state index in [2.05, 4.69) is 4.98 Å². The van der Waals surface area contributed by atoms with Crippen LogP contribution in [0.3, 0.4) is 0 Å². The van der Waals surface area contributed by atoms with Crippen molar-refractivity contribution in [3.8, 4) is 11.5 Å². The van der Waals surface area contributed by atoms with Gasteiger partial charge in [-0.1, -0.05) is 35.1 Å². The number of nitrogens with zero attached hydrogens (tertiary/aromatic N) is 3. The van der Waals surface area contributed by atoms with E-state index in [1.165, 1.54) is 16.2 Å². The van der Waals surface area contributed by atoms with Gasteiger partial charge in [0.15, 0.2) is 16.6 Å². The summed E-state index contributed by atoms with van der Waals surface area (Å²) in [7, 11) is 3.85. The van der Waals surface area contributed by atoms with E-state index in [0.29, 0.717) is 51.5 Å². The highest BCUT2D eigenvalue weighted by Crippen LogP contribution is 2.45. The number of aromatic nitrogens is 1. The molecule has 1 fully saturated rings. The number of ether oxygens (including phenoxy) is 2. The first-order valence-corrected chi connectivity index (χ1v) is 13.1. The standard InChI is InChI=1S/C28H22ClN3O5S/c1-31(2)18-7-3-15(4-8-18)24-23(25(33)16-5-10-20-21(13-16)37-12-11-36-20)26(34)27(35)32(24)28-30-19-9-6-17(29)14-22(19)38-28/h3-10,13-14,24,33H,11-12H2,1-2H3/b25-23+. The number of aliphatic hydroxyl groups is 1. The lowest BCUT2D eigenvalue weighted by atomic mass is 9.95. The van der Waals surface area contributed by atoms with Gasteiger partial charge < -0.3 is 19.5 Å². The largest absolute Gasteiger partial charge is 0.507 e. The quantitative estimate of drug-likeness (QED) is 0.207. The van der Waals surface area contributed by atoms with Gasteiger partial charge in [-0.25, -0.2) is 4.98 Å². The normalized spacial score (nSPS) is 18.3. The minimum atomic E-state index is -0.893. The second-order valence-electron chi connectivity index (χ2n) is 9.12. The van der Waals surface area contributed by atoms with Crippen molar-refractivity contribution in [2.45, 2.75) is 6.04 Å². The third-order valence-corrected chi connectivity index (χ3v) is 7.78. The molecule has 1 aromatic heterocycles. The number of rotatable bonds is 4. The Labute approximate surface area is 227 Å². The molecule has 6 rings (SSSR count). The number of carbonyl (C=O) groups excluding carboxylic acids is 2. The molecule has 3 heterocycles. The van der Waals surface area contributed by atoms with E-state index in [1.54, 1.807) is 36.4 Å². The molecule has 3 aromatic carbocycles. The summed E-state index contributed by atoms with van der Waals surface area (Å²) in [5.41, 5.74) is 2.59. The SMILES string of the molecule is CN(C)c1ccc(C2/C(=C(\O)c3ccc4c(c3)OCCO4)C(=O)C(=O)N2c2nc3ccc(Cl)cc3s2)cc1. The molecule has 0 radical (unpaired) electrons. The van der Waals surface area contributed by atoms with Crippen LogP contribution in [0.1, 0.15) is 17.2 Å². The van der Waals surface area contributed by atoms with Crippen molar-refractivity contribution in [1.29, 1.82) is 0 Å². The second kappa shape index (κ2) is 9.34. The molecule has 2 aliphatic rings. The fourth-order valence-electron chi connectivity index (χ4n) is 4.64. The Kier molecular flexibility index (Phi) is 5.97. The highest BCUT2D eigenvalue weighted by Gasteiger charge is 2.48. The predicted molar refractivity (Wildman–Crippen MR) is 148 cm³/mol. The zero-order valence-corrected chi connectivity index (χ0v) is 22.0. The summed E-state index contributed by atoms with van der Waals surface area (Å²) in [6, 6.07) is 16.8. The number of benzene rings is 3. The zero-order valence-electron chi connectivity index (χ0n) is 20.5. The Morgan fingerprint density at radius 3 is 2.50 bits per heavy atom. The Hall–Kier alpha value is -4.08. The van der Waals surface area contributed by atoms with Gasteiger partial charge in [-0.15, -0.1) is 0 Å². The molecule has 0 spiro atoms. The average Bonchev–Trinajstić information content (AvgIpc) is 3.45. The molecule has 1 unspecified atom stereocenters. The van der Waals surface area contributed by atoms with Crippen LogP contribution in [0.5, 0.6) is 11.5 Å². The molecule has 1 N–H and O–H groups in total. The van der Waals surface area contributed by atoms with E-state index in [1.807, 2.05) is 43.3 Å². The molecule has 2 aliphatic heterocycles. The third-order valence-electron chi connectivity index (χ3n) is 6.53. The maximum absolute atomic E-state index is 13.5. The topological polar surface area (TPSA) is 92.2 Å². The monoisotopic (exact) mass is 547 g/mol. The summed E-state index contributed by atoms with van der Waals surface area (Å²) in [6.07, 6.45) is 0. The van der Waals surface area contributed by atoms with Gasteiger partial charge in [0.2, 0.25) is 0 Å². The highest BCUT2D eigenvalue weighted by atomic mass is 35.5. The van der Waals surface area contributed by atoms with Crippen LogP contribution in [0.4, 0.5) is 10.8 Å². The predicted octanol–water partition coefficient (Wildman–Crippen LogP) is 5.41. The van der Waals surface area contributed by atoms with Crippen LogP contribution in [-0.4, -0.2) is 49.1 Å². The lowest BCUT2D eigenvalue weighted by Crippen LogP contribution is -2.29. The van der Waals surface area contributed by atoms with E-state index >= 15 is 0 Å². The van der Waals surface area contributed by atoms with E-state index < -0.39 is 17.7 Å². The summed E-state index contributed by atoms with van der Waals surface area (Å²) < 4.78 is 12.0. The lowest BCUT2D eigenvalue weighted by molar-refractivity contribution is -0.132. The van der Waals surface area contributed by atoms with Crippen LogP contribution in [0.25, 0.3) is 16.0 Å². The van der Waals surface area contributed by atoms with Crippen molar-refractivity contribution in [2.75, 3.05) is 37.1 Å². The summed E-state index contributed by atoms with van der Waals surface area (Å²) in [5, 5.41) is 12.4. The molecular formula is C28H22ClN3O5S. The van der Waals surface area contributed by atoms with E-state index in [9.17, 15) is 14.7 Å². The molecule has 1 amide bonds. The van der Waals surface area contributed by atoms with Crippen molar-refractivity contribution in [1.82, 2.24) is 4.98 Å². The van der Waals surface area contributed by atoms with Crippen molar-refractivity contribution in [2.24, 2.45) is 0 Å². The molecule has 8 nitrogen and oxygen atoms in total. The van der Waals surface area contributed by atoms with E-state index in [-0.39, 0.29) is 11.3 Å². The van der Waals surface area contributed by atoms with Crippen LogP contribution in [0.2, 0.25) is 5.02 Å². The second-order valence-corrected chi connectivity index (χ2v) is 10.6. The summed E-state index contributed by atoms with van der Waals surface area (Å²) in [6.45, 7) is 0.807. The number of anilines is 2. The first-order valence-electron chi connectivity index (χ1n) is 11.9. The highest BCUT2D eigenvalue weighted by molar-refractivity contribution is 7.22. The summed E-state index contributed by atoms with van der Waals surface area (Å²) in [5.74, 6) is -0.845. The number of carbonyl (C=O) groups is 2. The number of fused-ring (bicyclic) bond motifs is 2. The fraction of sp³-hybridized carbons (Fsp3) is 0.179. The maximum atomic E-state index is 13.5. The number of amides is 1. The number of hydrogen-bond donors (Lipinski definition) is 1. The third kappa shape index (κ3) is 4.04. The van der Waals surface area contributed by atoms with Crippen LogP contribution in [0, 0.1) is 0 Å². The average molecular weight is 548 g/mol. The molecule has 0 bridgehead atoms. The number of Topliss-reactive ketones (excluding diaryl/α,β-unsaturated/α-hetero) is 1. The number of hydrogen-bond acceptors (Lipinski definition) is 8. The van der Waals surface area contributed by atoms with Crippen LogP contribution >= 0.6 is 22.9 Å². The van der Waals surface area contributed by atoms with Crippen LogP contribution < -0.4 is 19.3 Å². The minimum absolute atomic E-state index is 0.0263. The molecule has 0 saturated carbocycles. The molecule has 192 valence electrons. The molecule has 10 heteroatoms. The number of ketones is 1. The van der Waals surface area contributed by atoms with Crippen molar-refractivity contribution >= 4 is 61.4 Å². The zero-order chi connectivity index (χ0) is 26.6. The Morgan fingerprint density at radius 1 is 1.03 bits per heavy atom. The lowest BCUT2D eigenvalue weighted by Gasteiger charge is -2.24. The molecule has 4 aromatic rings. The molecular weight excluding hydrogens is 526 g/mol. The van der Waals surface area contributed by atoms with E-state index in [4.69, 9.17) is 21.1 Å². The Morgan fingerprint density at radius 2 is 1.76 bits per heavy atom. The molecule has 38 heavy (non-hydrogen) atoms. The number of aliphatic hydroxyl groups excluding tert-OH is 1. The minimum Gasteiger partial charge on any atom is -0.507 e. The molecule has 1 saturated heterocycles. The van der Waals surface area contributed by atoms with Gasteiger partial charge in [0.1, 0.15) is 19.0 Å². The van der Waals surface area contributed by atoms with Gasteiger partial charge in [0, 0.05) is 30.4 Å². The van der Waals surface area contributed by atoms with E-state index in [0.717, 1.165) is 10.4 Å². The van der Waals surface area contributed by atoms with Gasteiger partial charge in [-0.05, 0) is 54.1 Å². The van der Waals surface area contributed by atoms with Crippen molar-refractivity contribution < 1.29 is 24.2 Å². The van der Waals surface area contributed by atoms with Crippen molar-refractivity contribution in [3.63, 3.8) is 0 Å². The number of thiazole rings is 1. The number of halogens is 1. The smallest absolute Gasteiger partial charge is 0.301 e. The molecule has 1 atom stereocenters. The van der Waals surface area contributed by atoms with Crippen LogP contribution in [-0.2, 0) is 9.59 Å². The first kappa shape index (κ1) is 24.3. The van der Waals surface area contributed by atoms with Gasteiger partial charge >= 0.3 is 5.91 Å². The Bertz CT molecular complexity index is 1630. The summed E-state index contributed by atoms with van der Waals surface area (Å²) >= 11 is 7.43. The first-order chi connectivity index (χ1) is 18.3. The maximum Gasteiger partial charge on any atom is 0.301 e. The fourth-order valence-corrected chi connectivity index (χ4v) is 5.90. The van der Waals surface area contributed by atoms with Gasteiger partial charge in [0.05, 0.1) is 21.8 Å². The summed E-state index contributed by atoms with van der Waals surface area (Å²) in [4.78, 5) is 34.9. The van der Waals surface area contributed by atoms with Gasteiger partial charge in [-0.3, -0.25) is 14.5 Å². The van der Waals surface area contributed by atoms with Crippen molar-refractivity contribution in [3.05, 3.63) is 82.4 Å². The van der Waals surface area contributed by atoms with Gasteiger partial charge in [0.25, 0.3) is 5.78 Å².